The molecular weight excluding hydrogens is 232 g/mol. The van der Waals surface area contributed by atoms with Gasteiger partial charge in [0.15, 0.2) is 11.5 Å². The molecule has 0 bridgehead atoms. The molecule has 1 fully saturated rings. The van der Waals surface area contributed by atoms with Crippen LogP contribution in [0.15, 0.2) is 18.2 Å². The Bertz CT molecular complexity index is 483. The van der Waals surface area contributed by atoms with Gasteiger partial charge in [0.05, 0.1) is 13.2 Å². The van der Waals surface area contributed by atoms with Gasteiger partial charge in [-0.1, -0.05) is 6.07 Å². The van der Waals surface area contributed by atoms with E-state index in [-0.39, 0.29) is 5.97 Å². The summed E-state index contributed by atoms with van der Waals surface area (Å²) in [6.07, 6.45) is 2.08. The Balaban J connectivity index is 1.94. The van der Waals surface area contributed by atoms with Gasteiger partial charge in [0.2, 0.25) is 0 Å². The molecule has 0 aromatic heterocycles. The van der Waals surface area contributed by atoms with Crippen molar-refractivity contribution in [2.24, 2.45) is 0 Å². The van der Waals surface area contributed by atoms with E-state index in [4.69, 9.17) is 14.2 Å². The molecular formula is C14H16O4. The lowest BCUT2D eigenvalue weighted by Gasteiger charge is -2.24. The van der Waals surface area contributed by atoms with Crippen LogP contribution in [0.25, 0.3) is 0 Å². The van der Waals surface area contributed by atoms with E-state index in [0.717, 1.165) is 23.5 Å². The van der Waals surface area contributed by atoms with Gasteiger partial charge in [-0.15, -0.1) is 0 Å². The maximum atomic E-state index is 11.3. The van der Waals surface area contributed by atoms with E-state index in [0.29, 0.717) is 26.1 Å². The Morgan fingerprint density at radius 1 is 1.17 bits per heavy atom. The second-order valence-corrected chi connectivity index (χ2v) is 4.92. The highest BCUT2D eigenvalue weighted by atomic mass is 16.6. The Kier molecular flexibility index (Phi) is 2.65. The van der Waals surface area contributed by atoms with Gasteiger partial charge >= 0.3 is 5.97 Å². The number of carbonyl (C=O) groups excluding carboxylic acids is 1. The first-order chi connectivity index (χ1) is 8.67. The Labute approximate surface area is 106 Å². The number of fused-ring (bicyclic) bond motifs is 1. The van der Waals surface area contributed by atoms with Crippen molar-refractivity contribution in [3.05, 3.63) is 23.8 Å². The zero-order valence-corrected chi connectivity index (χ0v) is 10.4. The minimum absolute atomic E-state index is 0.135. The zero-order chi connectivity index (χ0) is 12.6. The topological polar surface area (TPSA) is 44.8 Å². The number of hydrogen-bond donors (Lipinski definition) is 0. The van der Waals surface area contributed by atoms with Gasteiger partial charge < -0.3 is 14.2 Å². The van der Waals surface area contributed by atoms with Gasteiger partial charge in [-0.05, 0) is 24.6 Å². The molecule has 2 heterocycles. The summed E-state index contributed by atoms with van der Waals surface area (Å²) in [5, 5.41) is 0. The van der Waals surface area contributed by atoms with Gasteiger partial charge in [0.1, 0.15) is 5.60 Å². The van der Waals surface area contributed by atoms with E-state index in [2.05, 4.69) is 0 Å². The third kappa shape index (κ3) is 1.92. The zero-order valence-electron chi connectivity index (χ0n) is 10.4. The summed E-state index contributed by atoms with van der Waals surface area (Å²) >= 11 is 0. The van der Waals surface area contributed by atoms with Crippen molar-refractivity contribution in [3.8, 4) is 11.5 Å². The molecule has 0 aliphatic carbocycles. The molecule has 3 rings (SSSR count). The van der Waals surface area contributed by atoms with Gasteiger partial charge in [0.25, 0.3) is 0 Å². The highest BCUT2D eigenvalue weighted by Gasteiger charge is 2.38. The molecule has 0 spiro atoms. The van der Waals surface area contributed by atoms with Crippen LogP contribution in [0.2, 0.25) is 0 Å². The Morgan fingerprint density at radius 3 is 2.67 bits per heavy atom. The Hall–Kier alpha value is -1.71. The highest BCUT2D eigenvalue weighted by Crippen LogP contribution is 2.40. The molecule has 4 nitrogen and oxygen atoms in total. The van der Waals surface area contributed by atoms with E-state index in [1.807, 2.05) is 25.1 Å². The molecule has 0 saturated carbocycles. The molecule has 18 heavy (non-hydrogen) atoms. The number of esters is 1. The number of ether oxygens (including phenoxy) is 3. The lowest BCUT2D eigenvalue weighted by molar-refractivity contribution is -0.147. The molecule has 2 aliphatic rings. The SMILES string of the molecule is CC1(c2ccc3c(c2)OCCCO3)CCC(=O)O1. The molecule has 0 radical (unpaired) electrons. The quantitative estimate of drug-likeness (QED) is 0.716. The van der Waals surface area contributed by atoms with E-state index >= 15 is 0 Å². The molecule has 4 heteroatoms. The van der Waals surface area contributed by atoms with E-state index in [9.17, 15) is 4.79 Å². The molecule has 1 aromatic carbocycles. The smallest absolute Gasteiger partial charge is 0.306 e. The summed E-state index contributed by atoms with van der Waals surface area (Å²) < 4.78 is 16.7. The van der Waals surface area contributed by atoms with Gasteiger partial charge in [0, 0.05) is 19.3 Å². The highest BCUT2D eigenvalue weighted by molar-refractivity contribution is 5.72. The molecule has 1 atom stereocenters. The van der Waals surface area contributed by atoms with Crippen LogP contribution in [0.1, 0.15) is 31.7 Å². The number of rotatable bonds is 1. The van der Waals surface area contributed by atoms with Crippen LogP contribution < -0.4 is 9.47 Å². The molecule has 2 aliphatic heterocycles. The summed E-state index contributed by atoms with van der Waals surface area (Å²) in [5.41, 5.74) is 0.444. The van der Waals surface area contributed by atoms with Crippen LogP contribution in [-0.2, 0) is 15.1 Å². The van der Waals surface area contributed by atoms with E-state index in [1.165, 1.54) is 0 Å². The van der Waals surface area contributed by atoms with Crippen molar-refractivity contribution in [2.75, 3.05) is 13.2 Å². The molecule has 0 N–H and O–H groups in total. The number of cyclic esters (lactones) is 1. The van der Waals surface area contributed by atoms with Crippen molar-refractivity contribution in [2.45, 2.75) is 31.8 Å². The fraction of sp³-hybridized carbons (Fsp3) is 0.500. The maximum absolute atomic E-state index is 11.3. The second kappa shape index (κ2) is 4.19. The second-order valence-electron chi connectivity index (χ2n) is 4.92. The number of hydrogen-bond acceptors (Lipinski definition) is 4. The fourth-order valence-electron chi connectivity index (χ4n) is 2.39. The van der Waals surface area contributed by atoms with Crippen LogP contribution in [0.5, 0.6) is 11.5 Å². The third-order valence-corrected chi connectivity index (χ3v) is 3.50. The first-order valence-electron chi connectivity index (χ1n) is 6.29. The minimum Gasteiger partial charge on any atom is -0.490 e. The predicted octanol–water partition coefficient (Wildman–Crippen LogP) is 2.40. The van der Waals surface area contributed by atoms with E-state index < -0.39 is 5.60 Å². The van der Waals surface area contributed by atoms with Crippen LogP contribution in [0.4, 0.5) is 0 Å². The summed E-state index contributed by atoms with van der Waals surface area (Å²) in [4.78, 5) is 11.3. The van der Waals surface area contributed by atoms with Gasteiger partial charge in [-0.2, -0.15) is 0 Å². The number of carbonyl (C=O) groups is 1. The summed E-state index contributed by atoms with van der Waals surface area (Å²) in [7, 11) is 0. The van der Waals surface area contributed by atoms with Crippen LogP contribution in [0.3, 0.4) is 0 Å². The van der Waals surface area contributed by atoms with Crippen LogP contribution in [0, 0.1) is 0 Å². The van der Waals surface area contributed by atoms with Crippen molar-refractivity contribution >= 4 is 5.97 Å². The number of benzene rings is 1. The molecule has 0 amide bonds. The standard InChI is InChI=1S/C14H16O4/c1-14(6-5-13(15)18-14)10-3-4-11-12(9-10)17-8-2-7-16-11/h3-4,9H,2,5-8H2,1H3. The minimum atomic E-state index is -0.526. The third-order valence-electron chi connectivity index (χ3n) is 3.50. The monoisotopic (exact) mass is 248 g/mol. The maximum Gasteiger partial charge on any atom is 0.306 e. The lowest BCUT2D eigenvalue weighted by Crippen LogP contribution is -2.20. The molecule has 1 saturated heterocycles. The normalized spacial score (nSPS) is 26.6. The van der Waals surface area contributed by atoms with Crippen molar-refractivity contribution < 1.29 is 19.0 Å². The van der Waals surface area contributed by atoms with Gasteiger partial charge in [-0.3, -0.25) is 4.79 Å². The van der Waals surface area contributed by atoms with Crippen molar-refractivity contribution in [1.82, 2.24) is 0 Å². The average Bonchev–Trinajstić information content (AvgIpc) is 2.60. The van der Waals surface area contributed by atoms with E-state index in [1.54, 1.807) is 0 Å². The molecule has 1 unspecified atom stereocenters. The van der Waals surface area contributed by atoms with Crippen LogP contribution >= 0.6 is 0 Å². The predicted molar refractivity (Wildman–Crippen MR) is 64.7 cm³/mol. The molecule has 96 valence electrons. The summed E-state index contributed by atoms with van der Waals surface area (Å²) in [5.74, 6) is 1.38. The first-order valence-corrected chi connectivity index (χ1v) is 6.29. The van der Waals surface area contributed by atoms with Crippen molar-refractivity contribution in [1.29, 1.82) is 0 Å². The summed E-state index contributed by atoms with van der Waals surface area (Å²) in [6, 6.07) is 5.78. The fourth-order valence-corrected chi connectivity index (χ4v) is 2.39. The van der Waals surface area contributed by atoms with Gasteiger partial charge in [-0.25, -0.2) is 0 Å². The Morgan fingerprint density at radius 2 is 1.94 bits per heavy atom. The first kappa shape index (κ1) is 11.4. The largest absolute Gasteiger partial charge is 0.490 e. The lowest BCUT2D eigenvalue weighted by atomic mass is 9.93. The summed E-state index contributed by atoms with van der Waals surface area (Å²) in [6.45, 7) is 3.28. The van der Waals surface area contributed by atoms with Crippen molar-refractivity contribution in [3.63, 3.8) is 0 Å². The average molecular weight is 248 g/mol. The van der Waals surface area contributed by atoms with Crippen LogP contribution in [-0.4, -0.2) is 19.2 Å². The molecule has 1 aromatic rings.